The van der Waals surface area contributed by atoms with E-state index in [0.29, 0.717) is 6.54 Å². The van der Waals surface area contributed by atoms with Gasteiger partial charge in [-0.2, -0.15) is 11.8 Å². The molecule has 3 atom stereocenters. The van der Waals surface area contributed by atoms with Crippen molar-refractivity contribution in [2.24, 2.45) is 0 Å². The van der Waals surface area contributed by atoms with Crippen molar-refractivity contribution in [1.82, 2.24) is 5.32 Å². The second kappa shape index (κ2) is 13.6. The molecule has 126 valence electrons. The summed E-state index contributed by atoms with van der Waals surface area (Å²) in [5.41, 5.74) is -1.28. The molecule has 21 heavy (non-hydrogen) atoms. The Morgan fingerprint density at radius 1 is 1.29 bits per heavy atom. The van der Waals surface area contributed by atoms with Gasteiger partial charge in [-0.3, -0.25) is 4.79 Å². The Labute approximate surface area is 133 Å². The van der Waals surface area contributed by atoms with E-state index >= 15 is 0 Å². The SMILES string of the molecule is CC(O)C(CO)OC(O)SCC(=O)NCCSCCCO. The molecule has 0 radical (unpaired) electrons. The number of aliphatic hydroxyl groups excluding tert-OH is 4. The molecule has 0 aliphatic carbocycles. The first-order valence-corrected chi connectivity index (χ1v) is 8.91. The van der Waals surface area contributed by atoms with Crippen LogP contribution in [0.1, 0.15) is 13.3 Å². The van der Waals surface area contributed by atoms with Crippen LogP contribution in [0.5, 0.6) is 0 Å². The Bertz CT molecular complexity index is 270. The molecule has 0 aliphatic heterocycles. The highest BCUT2D eigenvalue weighted by Crippen LogP contribution is 2.13. The average Bonchev–Trinajstić information content (AvgIpc) is 2.45. The predicted octanol–water partition coefficient (Wildman–Crippen LogP) is -1.01. The maximum Gasteiger partial charge on any atom is 0.230 e. The van der Waals surface area contributed by atoms with Gasteiger partial charge in [0.15, 0.2) is 0 Å². The predicted molar refractivity (Wildman–Crippen MR) is 84.1 cm³/mol. The van der Waals surface area contributed by atoms with E-state index in [4.69, 9.17) is 14.9 Å². The summed E-state index contributed by atoms with van der Waals surface area (Å²) in [5, 5.41) is 39.0. The highest BCUT2D eigenvalue weighted by Gasteiger charge is 2.19. The van der Waals surface area contributed by atoms with Crippen molar-refractivity contribution in [1.29, 1.82) is 0 Å². The first-order valence-electron chi connectivity index (χ1n) is 6.70. The van der Waals surface area contributed by atoms with Gasteiger partial charge in [-0.05, 0) is 19.1 Å². The van der Waals surface area contributed by atoms with Gasteiger partial charge < -0.3 is 30.5 Å². The van der Waals surface area contributed by atoms with Crippen LogP contribution in [0, 0.1) is 0 Å². The molecule has 5 N–H and O–H groups in total. The molecule has 0 fully saturated rings. The van der Waals surface area contributed by atoms with Crippen molar-refractivity contribution in [2.75, 3.05) is 37.0 Å². The molecular formula is C12H25NO6S2. The number of rotatable bonds is 13. The number of thioether (sulfide) groups is 2. The van der Waals surface area contributed by atoms with Gasteiger partial charge in [-0.15, -0.1) is 0 Å². The van der Waals surface area contributed by atoms with Crippen LogP contribution in [0.15, 0.2) is 0 Å². The van der Waals surface area contributed by atoms with Gasteiger partial charge in [0, 0.05) is 18.9 Å². The Morgan fingerprint density at radius 3 is 2.57 bits per heavy atom. The summed E-state index contributed by atoms with van der Waals surface area (Å²) in [6.45, 7) is 1.74. The topological polar surface area (TPSA) is 119 Å². The molecule has 0 saturated heterocycles. The highest BCUT2D eigenvalue weighted by molar-refractivity contribution is 8.00. The van der Waals surface area contributed by atoms with E-state index < -0.39 is 24.4 Å². The van der Waals surface area contributed by atoms with Crippen molar-refractivity contribution in [2.45, 2.75) is 31.2 Å². The van der Waals surface area contributed by atoms with Crippen molar-refractivity contribution in [3.8, 4) is 0 Å². The Balaban J connectivity index is 3.63. The fraction of sp³-hybridized carbons (Fsp3) is 0.917. The Kier molecular flexibility index (Phi) is 13.6. The number of carbonyl (C=O) groups is 1. The minimum Gasteiger partial charge on any atom is -0.396 e. The van der Waals surface area contributed by atoms with Gasteiger partial charge in [0.25, 0.3) is 0 Å². The number of hydrogen-bond acceptors (Lipinski definition) is 8. The van der Waals surface area contributed by atoms with E-state index in [1.165, 1.54) is 6.92 Å². The summed E-state index contributed by atoms with van der Waals surface area (Å²) in [6, 6.07) is 0. The van der Waals surface area contributed by atoms with Crippen LogP contribution in [0.2, 0.25) is 0 Å². The molecule has 0 spiro atoms. The number of aliphatic hydroxyl groups is 4. The fourth-order valence-electron chi connectivity index (χ4n) is 1.23. The fourth-order valence-corrected chi connectivity index (χ4v) is 2.63. The molecular weight excluding hydrogens is 318 g/mol. The van der Waals surface area contributed by atoms with Gasteiger partial charge in [-0.1, -0.05) is 11.8 Å². The van der Waals surface area contributed by atoms with Crippen molar-refractivity contribution >= 4 is 29.4 Å². The van der Waals surface area contributed by atoms with Crippen molar-refractivity contribution in [3.05, 3.63) is 0 Å². The van der Waals surface area contributed by atoms with Gasteiger partial charge >= 0.3 is 0 Å². The van der Waals surface area contributed by atoms with Crippen LogP contribution >= 0.6 is 23.5 Å². The van der Waals surface area contributed by atoms with Gasteiger partial charge in [-0.25, -0.2) is 0 Å². The number of amides is 1. The van der Waals surface area contributed by atoms with E-state index in [-0.39, 0.29) is 18.3 Å². The van der Waals surface area contributed by atoms with E-state index in [2.05, 4.69) is 5.32 Å². The van der Waals surface area contributed by atoms with Crippen LogP contribution in [0.4, 0.5) is 0 Å². The lowest BCUT2D eigenvalue weighted by molar-refractivity contribution is -0.130. The molecule has 7 nitrogen and oxygen atoms in total. The van der Waals surface area contributed by atoms with Gasteiger partial charge in [0.05, 0.1) is 18.5 Å². The van der Waals surface area contributed by atoms with Crippen molar-refractivity contribution < 1.29 is 30.0 Å². The number of nitrogens with one attached hydrogen (secondary N) is 1. The summed E-state index contributed by atoms with van der Waals surface area (Å²) in [5.74, 6) is 1.43. The van der Waals surface area contributed by atoms with E-state index in [0.717, 1.165) is 29.7 Å². The van der Waals surface area contributed by atoms with Crippen LogP contribution in [-0.4, -0.2) is 81.2 Å². The number of hydrogen-bond donors (Lipinski definition) is 5. The lowest BCUT2D eigenvalue weighted by atomic mass is 10.2. The zero-order valence-electron chi connectivity index (χ0n) is 12.1. The molecule has 3 unspecified atom stereocenters. The summed E-state index contributed by atoms with van der Waals surface area (Å²) in [6.07, 6.45) is -1.04. The highest BCUT2D eigenvalue weighted by atomic mass is 32.2. The maximum absolute atomic E-state index is 11.5. The minimum absolute atomic E-state index is 0.0282. The lowest BCUT2D eigenvalue weighted by Gasteiger charge is -2.21. The second-order valence-corrected chi connectivity index (χ2v) is 6.51. The van der Waals surface area contributed by atoms with Crippen LogP contribution < -0.4 is 5.32 Å². The monoisotopic (exact) mass is 343 g/mol. The molecule has 0 aromatic rings. The second-order valence-electron chi connectivity index (χ2n) is 4.26. The Hall–Kier alpha value is -0.0300. The third kappa shape index (κ3) is 12.2. The normalized spacial score (nSPS) is 15.5. The average molecular weight is 343 g/mol. The molecule has 0 heterocycles. The number of carbonyl (C=O) groups excluding carboxylic acids is 1. The molecule has 0 saturated carbocycles. The zero-order valence-corrected chi connectivity index (χ0v) is 13.7. The summed E-state index contributed by atoms with van der Waals surface area (Å²) >= 11 is 2.52. The molecule has 0 bridgehead atoms. The molecule has 9 heteroatoms. The molecule has 0 aromatic heterocycles. The first kappa shape index (κ1) is 21.0. The summed E-state index contributed by atoms with van der Waals surface area (Å²) < 4.78 is 4.99. The zero-order chi connectivity index (χ0) is 16.1. The minimum atomic E-state index is -1.28. The third-order valence-electron chi connectivity index (χ3n) is 2.38. The van der Waals surface area contributed by atoms with E-state index in [1.54, 1.807) is 11.8 Å². The largest absolute Gasteiger partial charge is 0.396 e. The van der Waals surface area contributed by atoms with Crippen molar-refractivity contribution in [3.63, 3.8) is 0 Å². The molecule has 0 aliphatic rings. The standard InChI is InChI=1S/C12H25NO6S2/c1-9(16)10(7-15)19-12(18)21-8-11(17)13-3-6-20-5-2-4-14/h9-10,12,14-16,18H,2-8H2,1H3,(H,13,17). The molecule has 0 aromatic carbocycles. The maximum atomic E-state index is 11.5. The van der Waals surface area contributed by atoms with Crippen LogP contribution in [0.3, 0.4) is 0 Å². The van der Waals surface area contributed by atoms with E-state index in [1.807, 2.05) is 0 Å². The van der Waals surface area contributed by atoms with Gasteiger partial charge in [0.2, 0.25) is 11.5 Å². The molecule has 0 rings (SSSR count). The third-order valence-corrected chi connectivity index (χ3v) is 4.28. The lowest BCUT2D eigenvalue weighted by Crippen LogP contribution is -2.34. The number of ether oxygens (including phenoxy) is 1. The van der Waals surface area contributed by atoms with Crippen LogP contribution in [0.25, 0.3) is 0 Å². The van der Waals surface area contributed by atoms with Gasteiger partial charge in [0.1, 0.15) is 6.10 Å². The first-order chi connectivity index (χ1) is 10.0. The quantitative estimate of drug-likeness (QED) is 0.213. The Morgan fingerprint density at radius 2 is 2.00 bits per heavy atom. The van der Waals surface area contributed by atoms with Crippen LogP contribution in [-0.2, 0) is 9.53 Å². The summed E-state index contributed by atoms with van der Waals surface area (Å²) in [4.78, 5) is 11.5. The smallest absolute Gasteiger partial charge is 0.230 e. The summed E-state index contributed by atoms with van der Waals surface area (Å²) in [7, 11) is 0. The van der Waals surface area contributed by atoms with E-state index in [9.17, 15) is 15.0 Å². The molecule has 1 amide bonds.